The molecule has 0 saturated carbocycles. The Morgan fingerprint density at radius 3 is 2.26 bits per heavy atom. The van der Waals surface area contributed by atoms with Gasteiger partial charge in [0.2, 0.25) is 0 Å². The Bertz CT molecular complexity index is 327. The van der Waals surface area contributed by atoms with E-state index in [2.05, 4.69) is 58.8 Å². The molecule has 0 bridgehead atoms. The lowest BCUT2D eigenvalue weighted by Crippen LogP contribution is -2.50. The van der Waals surface area contributed by atoms with Crippen molar-refractivity contribution in [3.8, 4) is 0 Å². The average Bonchev–Trinajstić information content (AvgIpc) is 2.62. The fourth-order valence-corrected chi connectivity index (χ4v) is 4.47. The molecule has 1 N–H and O–H groups in total. The van der Waals surface area contributed by atoms with Crippen LogP contribution < -0.4 is 5.32 Å². The normalized spacial score (nSPS) is 41.8. The van der Waals surface area contributed by atoms with E-state index in [0.717, 1.165) is 12.5 Å². The van der Waals surface area contributed by atoms with Gasteiger partial charge in [0.25, 0.3) is 0 Å². The lowest BCUT2D eigenvalue weighted by molar-refractivity contribution is -0.0795. The van der Waals surface area contributed by atoms with Crippen molar-refractivity contribution in [3.63, 3.8) is 0 Å². The van der Waals surface area contributed by atoms with Crippen LogP contribution in [-0.2, 0) is 4.74 Å². The lowest BCUT2D eigenvalue weighted by atomic mass is 9.82. The van der Waals surface area contributed by atoms with Gasteiger partial charge < -0.3 is 10.1 Å². The first kappa shape index (κ1) is 15.3. The first-order valence-corrected chi connectivity index (χ1v) is 7.79. The first-order valence-electron chi connectivity index (χ1n) is 7.79. The van der Waals surface area contributed by atoms with Gasteiger partial charge in [0.15, 0.2) is 0 Å². The van der Waals surface area contributed by atoms with Crippen molar-refractivity contribution in [1.29, 1.82) is 0 Å². The number of rotatable bonds is 3. The van der Waals surface area contributed by atoms with Crippen molar-refractivity contribution in [2.24, 2.45) is 11.8 Å². The molecule has 0 radical (unpaired) electrons. The molecule has 3 nitrogen and oxygen atoms in total. The van der Waals surface area contributed by atoms with Crippen molar-refractivity contribution in [2.75, 3.05) is 20.1 Å². The Morgan fingerprint density at radius 2 is 1.79 bits per heavy atom. The zero-order valence-corrected chi connectivity index (χ0v) is 13.8. The van der Waals surface area contributed by atoms with E-state index in [-0.39, 0.29) is 11.2 Å². The predicted molar refractivity (Wildman–Crippen MR) is 80.4 cm³/mol. The number of nitrogens with zero attached hydrogens (tertiary/aromatic N) is 1. The molecule has 0 aromatic heterocycles. The van der Waals surface area contributed by atoms with E-state index in [1.807, 2.05) is 0 Å². The molecule has 2 rings (SSSR count). The molecule has 19 heavy (non-hydrogen) atoms. The fourth-order valence-electron chi connectivity index (χ4n) is 4.47. The smallest absolute Gasteiger partial charge is 0.0790 e. The molecule has 0 spiro atoms. The minimum Gasteiger partial charge on any atom is -0.368 e. The molecular formula is C16H32N2O. The van der Waals surface area contributed by atoms with Crippen molar-refractivity contribution in [3.05, 3.63) is 0 Å². The molecule has 2 heterocycles. The van der Waals surface area contributed by atoms with Gasteiger partial charge in [-0.15, -0.1) is 0 Å². The first-order chi connectivity index (χ1) is 8.67. The van der Waals surface area contributed by atoms with Crippen molar-refractivity contribution in [1.82, 2.24) is 10.2 Å². The average molecular weight is 268 g/mol. The van der Waals surface area contributed by atoms with Gasteiger partial charge in [-0.25, -0.2) is 0 Å². The van der Waals surface area contributed by atoms with Crippen LogP contribution in [0.4, 0.5) is 0 Å². The summed E-state index contributed by atoms with van der Waals surface area (Å²) in [6.07, 6.45) is 1.33. The number of likely N-dealkylation sites (N-methyl/N-ethyl adjacent to an activating group) is 1. The number of nitrogens with one attached hydrogen (secondary N) is 1. The third-order valence-electron chi connectivity index (χ3n) is 5.23. The molecular weight excluding hydrogens is 236 g/mol. The Hall–Kier alpha value is -0.120. The van der Waals surface area contributed by atoms with Crippen LogP contribution in [0.1, 0.15) is 48.0 Å². The summed E-state index contributed by atoms with van der Waals surface area (Å²) in [5.74, 6) is 1.38. The maximum Gasteiger partial charge on any atom is 0.0790 e. The summed E-state index contributed by atoms with van der Waals surface area (Å²) in [7, 11) is 2.07. The van der Waals surface area contributed by atoms with E-state index < -0.39 is 0 Å². The number of hydrogen-bond donors (Lipinski definition) is 1. The Labute approximate surface area is 119 Å². The summed E-state index contributed by atoms with van der Waals surface area (Å²) in [5.41, 5.74) is -0.139. The van der Waals surface area contributed by atoms with Gasteiger partial charge >= 0.3 is 0 Å². The standard InChI is InChI=1S/C16H32N2O/c1-11-8-12(2)18(9-11)10-13-14(17-7)16(5,6)19-15(13,3)4/h11-14,17H,8-10H2,1-7H3. The second-order valence-corrected chi connectivity index (χ2v) is 7.83. The van der Waals surface area contributed by atoms with Gasteiger partial charge in [0.1, 0.15) is 0 Å². The van der Waals surface area contributed by atoms with Crippen LogP contribution in [0.5, 0.6) is 0 Å². The zero-order valence-electron chi connectivity index (χ0n) is 13.8. The second-order valence-electron chi connectivity index (χ2n) is 7.83. The maximum atomic E-state index is 6.34. The van der Waals surface area contributed by atoms with E-state index >= 15 is 0 Å². The summed E-state index contributed by atoms with van der Waals surface area (Å²) >= 11 is 0. The molecule has 2 aliphatic heterocycles. The SMILES string of the molecule is CNC1C(CN2CC(C)CC2C)C(C)(C)OC1(C)C. The summed E-state index contributed by atoms with van der Waals surface area (Å²) < 4.78 is 6.34. The van der Waals surface area contributed by atoms with Crippen LogP contribution in [0.25, 0.3) is 0 Å². The van der Waals surface area contributed by atoms with E-state index in [0.29, 0.717) is 18.0 Å². The van der Waals surface area contributed by atoms with E-state index in [4.69, 9.17) is 4.74 Å². The number of hydrogen-bond acceptors (Lipinski definition) is 3. The summed E-state index contributed by atoms with van der Waals surface area (Å²) in [5, 5.41) is 3.51. The minimum atomic E-state index is -0.0858. The topological polar surface area (TPSA) is 24.5 Å². The second kappa shape index (κ2) is 5.01. The minimum absolute atomic E-state index is 0.0529. The van der Waals surface area contributed by atoms with Gasteiger partial charge in [-0.1, -0.05) is 6.92 Å². The lowest BCUT2D eigenvalue weighted by Gasteiger charge is -2.34. The van der Waals surface area contributed by atoms with Crippen LogP contribution in [-0.4, -0.2) is 48.3 Å². The molecule has 3 heteroatoms. The predicted octanol–water partition coefficient (Wildman–Crippen LogP) is 2.51. The van der Waals surface area contributed by atoms with Gasteiger partial charge in [-0.05, 0) is 54.0 Å². The maximum absolute atomic E-state index is 6.34. The van der Waals surface area contributed by atoms with E-state index in [1.54, 1.807) is 0 Å². The van der Waals surface area contributed by atoms with Crippen LogP contribution >= 0.6 is 0 Å². The van der Waals surface area contributed by atoms with Gasteiger partial charge in [-0.2, -0.15) is 0 Å². The third-order valence-corrected chi connectivity index (χ3v) is 5.23. The molecule has 0 aliphatic carbocycles. The molecule has 0 aromatic carbocycles. The van der Waals surface area contributed by atoms with Gasteiger partial charge in [-0.3, -0.25) is 4.90 Å². The molecule has 0 amide bonds. The van der Waals surface area contributed by atoms with Crippen molar-refractivity contribution in [2.45, 2.75) is 71.2 Å². The highest BCUT2D eigenvalue weighted by Gasteiger charge is 2.53. The summed E-state index contributed by atoms with van der Waals surface area (Å²) in [6, 6.07) is 1.14. The molecule has 4 unspecified atom stereocenters. The Morgan fingerprint density at radius 1 is 1.16 bits per heavy atom. The van der Waals surface area contributed by atoms with Crippen LogP contribution in [0.2, 0.25) is 0 Å². The van der Waals surface area contributed by atoms with Crippen LogP contribution in [0, 0.1) is 11.8 Å². The molecule has 2 fully saturated rings. The van der Waals surface area contributed by atoms with E-state index in [1.165, 1.54) is 13.0 Å². The highest BCUT2D eigenvalue weighted by molar-refractivity contribution is 5.06. The third kappa shape index (κ3) is 2.84. The largest absolute Gasteiger partial charge is 0.368 e. The number of ether oxygens (including phenoxy) is 1. The number of likely N-dealkylation sites (tertiary alicyclic amines) is 1. The molecule has 2 saturated heterocycles. The molecule has 4 atom stereocenters. The highest BCUT2D eigenvalue weighted by atomic mass is 16.5. The molecule has 112 valence electrons. The summed E-state index contributed by atoms with van der Waals surface area (Å²) in [4.78, 5) is 2.66. The Balaban J connectivity index is 2.13. The van der Waals surface area contributed by atoms with Gasteiger partial charge in [0.05, 0.1) is 11.2 Å². The van der Waals surface area contributed by atoms with Crippen LogP contribution in [0.3, 0.4) is 0 Å². The summed E-state index contributed by atoms with van der Waals surface area (Å²) in [6.45, 7) is 16.1. The monoisotopic (exact) mass is 268 g/mol. The Kier molecular flexibility index (Phi) is 4.03. The quantitative estimate of drug-likeness (QED) is 0.851. The highest BCUT2D eigenvalue weighted by Crippen LogP contribution is 2.43. The molecule has 0 aromatic rings. The van der Waals surface area contributed by atoms with Crippen LogP contribution in [0.15, 0.2) is 0 Å². The van der Waals surface area contributed by atoms with Crippen molar-refractivity contribution >= 4 is 0 Å². The fraction of sp³-hybridized carbons (Fsp3) is 1.00. The van der Waals surface area contributed by atoms with E-state index in [9.17, 15) is 0 Å². The zero-order chi connectivity index (χ0) is 14.4. The molecule has 2 aliphatic rings. The van der Waals surface area contributed by atoms with Gasteiger partial charge in [0, 0.05) is 31.1 Å². The van der Waals surface area contributed by atoms with Crippen molar-refractivity contribution < 1.29 is 4.74 Å².